The average molecular weight is 401 g/mol. The van der Waals surface area contributed by atoms with Crippen molar-refractivity contribution in [2.45, 2.75) is 0 Å². The maximum Gasteiger partial charge on any atom is 0.240 e. The topological polar surface area (TPSA) is 75.7 Å². The van der Waals surface area contributed by atoms with Gasteiger partial charge < -0.3 is 10.1 Å². The summed E-state index contributed by atoms with van der Waals surface area (Å²) in [5.74, 6) is -0.706. The third-order valence-electron chi connectivity index (χ3n) is 3.32. The normalized spacial score (nSPS) is 11.0. The standard InChI is InChI=1S/C17H18ClFN2O4S/c1-26(23,24)21(16-5-3-2-4-15(16)19)12-17(22)20-10-11-25-14-8-6-13(18)7-9-14/h2-9H,10-12H2,1H3,(H,20,22). The van der Waals surface area contributed by atoms with Crippen molar-refractivity contribution in [2.75, 3.05) is 30.3 Å². The second-order valence-electron chi connectivity index (χ2n) is 5.37. The third kappa shape index (κ3) is 5.89. The van der Waals surface area contributed by atoms with E-state index in [0.717, 1.165) is 16.6 Å². The van der Waals surface area contributed by atoms with Crippen molar-refractivity contribution in [1.29, 1.82) is 0 Å². The Morgan fingerprint density at radius 2 is 1.85 bits per heavy atom. The number of benzene rings is 2. The SMILES string of the molecule is CS(=O)(=O)N(CC(=O)NCCOc1ccc(Cl)cc1)c1ccccc1F. The summed E-state index contributed by atoms with van der Waals surface area (Å²) in [4.78, 5) is 12.0. The van der Waals surface area contributed by atoms with Crippen LogP contribution in [0, 0.1) is 5.82 Å². The molecule has 0 saturated heterocycles. The molecule has 0 bridgehead atoms. The van der Waals surface area contributed by atoms with Crippen molar-refractivity contribution < 1.29 is 22.3 Å². The monoisotopic (exact) mass is 400 g/mol. The predicted molar refractivity (Wildman–Crippen MR) is 98.5 cm³/mol. The van der Waals surface area contributed by atoms with E-state index in [1.165, 1.54) is 18.2 Å². The molecular formula is C17H18ClFN2O4S. The molecule has 2 aromatic carbocycles. The number of anilines is 1. The van der Waals surface area contributed by atoms with Gasteiger partial charge in [0, 0.05) is 5.02 Å². The molecule has 6 nitrogen and oxygen atoms in total. The van der Waals surface area contributed by atoms with Crippen molar-refractivity contribution in [3.63, 3.8) is 0 Å². The van der Waals surface area contributed by atoms with Crippen LogP contribution in [-0.2, 0) is 14.8 Å². The summed E-state index contributed by atoms with van der Waals surface area (Å²) in [6, 6.07) is 12.1. The molecule has 0 heterocycles. The first-order valence-electron chi connectivity index (χ1n) is 7.64. The molecule has 0 saturated carbocycles. The van der Waals surface area contributed by atoms with Crippen LogP contribution in [0.3, 0.4) is 0 Å². The molecule has 0 aliphatic rings. The molecule has 2 rings (SSSR count). The van der Waals surface area contributed by atoms with Gasteiger partial charge in [0.25, 0.3) is 0 Å². The molecule has 0 aromatic heterocycles. The number of halogens is 2. The van der Waals surface area contributed by atoms with Crippen LogP contribution in [0.2, 0.25) is 5.02 Å². The Bertz CT molecular complexity index is 859. The highest BCUT2D eigenvalue weighted by Crippen LogP contribution is 2.21. The molecule has 1 amide bonds. The molecule has 0 aliphatic heterocycles. The lowest BCUT2D eigenvalue weighted by Crippen LogP contribution is -2.41. The van der Waals surface area contributed by atoms with Crippen molar-refractivity contribution in [2.24, 2.45) is 0 Å². The number of hydrogen-bond acceptors (Lipinski definition) is 4. The van der Waals surface area contributed by atoms with Crippen LogP contribution in [0.15, 0.2) is 48.5 Å². The molecule has 0 unspecified atom stereocenters. The van der Waals surface area contributed by atoms with E-state index in [9.17, 15) is 17.6 Å². The zero-order chi connectivity index (χ0) is 19.2. The maximum absolute atomic E-state index is 13.9. The fraction of sp³-hybridized carbons (Fsp3) is 0.235. The summed E-state index contributed by atoms with van der Waals surface area (Å²) in [5, 5.41) is 3.12. The lowest BCUT2D eigenvalue weighted by atomic mass is 10.3. The minimum absolute atomic E-state index is 0.163. The van der Waals surface area contributed by atoms with E-state index in [0.29, 0.717) is 10.8 Å². The van der Waals surface area contributed by atoms with Crippen LogP contribution in [0.5, 0.6) is 5.75 Å². The van der Waals surface area contributed by atoms with E-state index in [4.69, 9.17) is 16.3 Å². The molecule has 1 N–H and O–H groups in total. The highest BCUT2D eigenvalue weighted by Gasteiger charge is 2.23. The lowest BCUT2D eigenvalue weighted by molar-refractivity contribution is -0.119. The van der Waals surface area contributed by atoms with Crippen LogP contribution in [-0.4, -0.2) is 40.3 Å². The molecule has 0 atom stereocenters. The number of carbonyl (C=O) groups is 1. The zero-order valence-electron chi connectivity index (χ0n) is 14.0. The summed E-state index contributed by atoms with van der Waals surface area (Å²) >= 11 is 5.77. The second-order valence-corrected chi connectivity index (χ2v) is 7.72. The Morgan fingerprint density at radius 1 is 1.19 bits per heavy atom. The molecule has 9 heteroatoms. The first-order chi connectivity index (χ1) is 12.3. The molecule has 0 aliphatic carbocycles. The van der Waals surface area contributed by atoms with Gasteiger partial charge in [0.1, 0.15) is 24.7 Å². The fourth-order valence-corrected chi connectivity index (χ4v) is 3.09. The van der Waals surface area contributed by atoms with Crippen LogP contribution in [0.1, 0.15) is 0 Å². The van der Waals surface area contributed by atoms with Crippen LogP contribution in [0.4, 0.5) is 10.1 Å². The van der Waals surface area contributed by atoms with E-state index in [-0.39, 0.29) is 18.8 Å². The highest BCUT2D eigenvalue weighted by atomic mass is 35.5. The predicted octanol–water partition coefficient (Wildman–Crippen LogP) is 2.44. The lowest BCUT2D eigenvalue weighted by Gasteiger charge is -2.22. The van der Waals surface area contributed by atoms with Gasteiger partial charge in [0.15, 0.2) is 0 Å². The Labute approximate surface area is 156 Å². The van der Waals surface area contributed by atoms with Gasteiger partial charge >= 0.3 is 0 Å². The van der Waals surface area contributed by atoms with E-state index in [2.05, 4.69) is 5.32 Å². The number of amides is 1. The fourth-order valence-electron chi connectivity index (χ4n) is 2.11. The van der Waals surface area contributed by atoms with Crippen molar-refractivity contribution in [3.8, 4) is 5.75 Å². The van der Waals surface area contributed by atoms with Crippen LogP contribution >= 0.6 is 11.6 Å². The van der Waals surface area contributed by atoms with Gasteiger partial charge in [-0.1, -0.05) is 23.7 Å². The van der Waals surface area contributed by atoms with E-state index < -0.39 is 28.3 Å². The van der Waals surface area contributed by atoms with E-state index in [1.807, 2.05) is 0 Å². The molecular weight excluding hydrogens is 383 g/mol. The molecule has 26 heavy (non-hydrogen) atoms. The largest absolute Gasteiger partial charge is 0.492 e. The van der Waals surface area contributed by atoms with Gasteiger partial charge in [-0.15, -0.1) is 0 Å². The number of hydrogen-bond donors (Lipinski definition) is 1. The number of carbonyl (C=O) groups excluding carboxylic acids is 1. The minimum Gasteiger partial charge on any atom is -0.492 e. The van der Waals surface area contributed by atoms with Gasteiger partial charge in [-0.3, -0.25) is 9.10 Å². The molecule has 0 radical (unpaired) electrons. The first-order valence-corrected chi connectivity index (χ1v) is 9.87. The number of ether oxygens (including phenoxy) is 1. The van der Waals surface area contributed by atoms with E-state index >= 15 is 0 Å². The first kappa shape index (κ1) is 20.0. The number of rotatable bonds is 8. The van der Waals surface area contributed by atoms with Crippen molar-refractivity contribution >= 4 is 33.2 Å². The van der Waals surface area contributed by atoms with Gasteiger partial charge in [0.2, 0.25) is 15.9 Å². The van der Waals surface area contributed by atoms with Gasteiger partial charge in [-0.05, 0) is 36.4 Å². The summed E-state index contributed by atoms with van der Waals surface area (Å²) in [7, 11) is -3.82. The third-order valence-corrected chi connectivity index (χ3v) is 4.69. The van der Waals surface area contributed by atoms with Crippen molar-refractivity contribution in [1.82, 2.24) is 5.32 Å². The summed E-state index contributed by atoms with van der Waals surface area (Å²) in [6.45, 7) is -0.178. The highest BCUT2D eigenvalue weighted by molar-refractivity contribution is 7.92. The Balaban J connectivity index is 1.89. The summed E-state index contributed by atoms with van der Waals surface area (Å²) in [6.07, 6.45) is 0.913. The Morgan fingerprint density at radius 3 is 2.46 bits per heavy atom. The maximum atomic E-state index is 13.9. The number of nitrogens with zero attached hydrogens (tertiary/aromatic N) is 1. The van der Waals surface area contributed by atoms with Gasteiger partial charge in [-0.2, -0.15) is 0 Å². The van der Waals surface area contributed by atoms with E-state index in [1.54, 1.807) is 24.3 Å². The number of sulfonamides is 1. The second kappa shape index (κ2) is 8.86. The van der Waals surface area contributed by atoms with Gasteiger partial charge in [0.05, 0.1) is 18.5 Å². The van der Waals surface area contributed by atoms with Gasteiger partial charge in [-0.25, -0.2) is 12.8 Å². The van der Waals surface area contributed by atoms with Crippen LogP contribution < -0.4 is 14.4 Å². The molecule has 0 fully saturated rings. The van der Waals surface area contributed by atoms with Crippen molar-refractivity contribution in [3.05, 3.63) is 59.4 Å². The average Bonchev–Trinajstić information content (AvgIpc) is 2.58. The molecule has 2 aromatic rings. The Kier molecular flexibility index (Phi) is 6.82. The quantitative estimate of drug-likeness (QED) is 0.690. The Hall–Kier alpha value is -2.32. The van der Waals surface area contributed by atoms with Crippen LogP contribution in [0.25, 0.3) is 0 Å². The summed E-state index contributed by atoms with van der Waals surface area (Å²) < 4.78 is 43.8. The molecule has 140 valence electrons. The number of para-hydroxylation sites is 1. The zero-order valence-corrected chi connectivity index (χ0v) is 15.6. The minimum atomic E-state index is -3.82. The number of nitrogens with one attached hydrogen (secondary N) is 1. The summed E-state index contributed by atoms with van der Waals surface area (Å²) in [5.41, 5.74) is -0.178. The molecule has 0 spiro atoms. The smallest absolute Gasteiger partial charge is 0.240 e.